The van der Waals surface area contributed by atoms with Crippen LogP contribution in [0.5, 0.6) is 0 Å². The topological polar surface area (TPSA) is 104 Å². The first kappa shape index (κ1) is 17.9. The highest BCUT2D eigenvalue weighted by Crippen LogP contribution is 2.16. The second-order valence-electron chi connectivity index (χ2n) is 5.17. The van der Waals surface area contributed by atoms with Gasteiger partial charge in [-0.2, -0.15) is 4.31 Å². The number of hydrogen-bond donors (Lipinski definition) is 1. The molecule has 1 atom stereocenters. The Balaban J connectivity index is 2.02. The first-order chi connectivity index (χ1) is 10.8. The summed E-state index contributed by atoms with van der Waals surface area (Å²) < 4.78 is 29.7. The van der Waals surface area contributed by atoms with Crippen LogP contribution in [0.4, 0.5) is 0 Å². The van der Waals surface area contributed by atoms with Crippen molar-refractivity contribution < 1.29 is 27.9 Å². The normalized spacial score (nSPS) is 19.0. The molecule has 0 spiro atoms. The Morgan fingerprint density at radius 1 is 1.52 bits per heavy atom. The molecule has 8 nitrogen and oxygen atoms in total. The number of nitrogens with zero attached hydrogens (tertiary/aromatic N) is 2. The van der Waals surface area contributed by atoms with Crippen LogP contribution in [0.3, 0.4) is 0 Å². The summed E-state index contributed by atoms with van der Waals surface area (Å²) in [6.07, 6.45) is 0.398. The summed E-state index contributed by atoms with van der Waals surface area (Å²) in [5.41, 5.74) is 0. The number of ether oxygens (including phenoxy) is 1. The average Bonchev–Trinajstić information content (AvgIpc) is 2.99. The first-order valence-corrected chi connectivity index (χ1v) is 9.61. The molecule has 1 saturated heterocycles. The van der Waals surface area contributed by atoms with E-state index in [2.05, 4.69) is 0 Å². The fourth-order valence-electron chi connectivity index (χ4n) is 2.27. The van der Waals surface area contributed by atoms with Crippen LogP contribution < -0.4 is 0 Å². The minimum atomic E-state index is -3.67. The minimum Gasteiger partial charge on any atom is -0.480 e. The van der Waals surface area contributed by atoms with E-state index in [0.29, 0.717) is 11.4 Å². The number of carbonyl (C=O) groups excluding carboxylic acids is 1. The Hall–Kier alpha value is -1.49. The number of morpholine rings is 1. The van der Waals surface area contributed by atoms with Crippen molar-refractivity contribution in [3.8, 4) is 0 Å². The number of carboxylic acid groups (broad SMARTS) is 1. The first-order valence-electron chi connectivity index (χ1n) is 6.88. The van der Waals surface area contributed by atoms with Crippen LogP contribution in [-0.2, 0) is 19.6 Å². The SMILES string of the molecule is CS(=O)(=O)N(CC(=O)O)CC1CN(C(=O)c2cccs2)CCO1. The van der Waals surface area contributed by atoms with Gasteiger partial charge in [0.15, 0.2) is 0 Å². The molecule has 0 aromatic carbocycles. The van der Waals surface area contributed by atoms with Gasteiger partial charge in [-0.05, 0) is 11.4 Å². The van der Waals surface area contributed by atoms with Crippen LogP contribution in [0.1, 0.15) is 9.67 Å². The summed E-state index contributed by atoms with van der Waals surface area (Å²) in [4.78, 5) is 25.3. The molecule has 23 heavy (non-hydrogen) atoms. The Kier molecular flexibility index (Phi) is 5.74. The van der Waals surface area contributed by atoms with Gasteiger partial charge < -0.3 is 14.7 Å². The van der Waals surface area contributed by atoms with Crippen molar-refractivity contribution in [1.29, 1.82) is 0 Å². The zero-order valence-corrected chi connectivity index (χ0v) is 14.2. The summed E-state index contributed by atoms with van der Waals surface area (Å²) >= 11 is 1.34. The third-order valence-electron chi connectivity index (χ3n) is 3.35. The van der Waals surface area contributed by atoms with Crippen molar-refractivity contribution in [2.75, 3.05) is 39.0 Å². The molecule has 0 bridgehead atoms. The number of aliphatic carboxylic acids is 1. The summed E-state index contributed by atoms with van der Waals surface area (Å²) in [5, 5.41) is 10.6. The second kappa shape index (κ2) is 7.39. The van der Waals surface area contributed by atoms with E-state index in [-0.39, 0.29) is 25.6 Å². The minimum absolute atomic E-state index is 0.0979. The van der Waals surface area contributed by atoms with Crippen molar-refractivity contribution >= 4 is 33.2 Å². The Morgan fingerprint density at radius 3 is 2.83 bits per heavy atom. The largest absolute Gasteiger partial charge is 0.480 e. The number of amides is 1. The Labute approximate surface area is 138 Å². The van der Waals surface area contributed by atoms with E-state index < -0.39 is 28.6 Å². The molecule has 1 aromatic rings. The molecule has 0 saturated carbocycles. The van der Waals surface area contributed by atoms with E-state index in [1.165, 1.54) is 11.3 Å². The fourth-order valence-corrected chi connectivity index (χ4v) is 3.74. The zero-order chi connectivity index (χ0) is 17.0. The van der Waals surface area contributed by atoms with Gasteiger partial charge in [0, 0.05) is 19.6 Å². The van der Waals surface area contributed by atoms with E-state index in [9.17, 15) is 18.0 Å². The van der Waals surface area contributed by atoms with Crippen molar-refractivity contribution in [2.45, 2.75) is 6.10 Å². The average molecular weight is 362 g/mol. The standard InChI is InChI=1S/C13H18N2O6S2/c1-23(19,20)15(9-12(16)17)8-10-7-14(4-5-21-10)13(18)11-3-2-6-22-11/h2-3,6,10H,4-5,7-9H2,1H3,(H,16,17). The molecule has 1 fully saturated rings. The van der Waals surface area contributed by atoms with Crippen LogP contribution in [0.2, 0.25) is 0 Å². The van der Waals surface area contributed by atoms with Gasteiger partial charge in [-0.15, -0.1) is 11.3 Å². The van der Waals surface area contributed by atoms with Crippen molar-refractivity contribution in [3.05, 3.63) is 22.4 Å². The summed E-state index contributed by atoms with van der Waals surface area (Å²) in [5.74, 6) is -1.37. The third-order valence-corrected chi connectivity index (χ3v) is 5.42. The molecule has 0 aliphatic carbocycles. The van der Waals surface area contributed by atoms with Gasteiger partial charge in [0.2, 0.25) is 10.0 Å². The van der Waals surface area contributed by atoms with Gasteiger partial charge >= 0.3 is 5.97 Å². The number of hydrogen-bond acceptors (Lipinski definition) is 6. The van der Waals surface area contributed by atoms with Crippen molar-refractivity contribution in [2.24, 2.45) is 0 Å². The maximum absolute atomic E-state index is 12.3. The lowest BCUT2D eigenvalue weighted by Gasteiger charge is -2.34. The highest BCUT2D eigenvalue weighted by atomic mass is 32.2. The lowest BCUT2D eigenvalue weighted by atomic mass is 10.2. The van der Waals surface area contributed by atoms with Crippen molar-refractivity contribution in [1.82, 2.24) is 9.21 Å². The predicted octanol–water partition coefficient (Wildman–Crippen LogP) is -0.0647. The van der Waals surface area contributed by atoms with Gasteiger partial charge in [0.25, 0.3) is 5.91 Å². The van der Waals surface area contributed by atoms with Gasteiger partial charge in [-0.1, -0.05) is 6.07 Å². The van der Waals surface area contributed by atoms with E-state index in [1.807, 2.05) is 5.38 Å². The molecule has 0 radical (unpaired) electrons. The lowest BCUT2D eigenvalue weighted by Crippen LogP contribution is -2.51. The molecule has 1 N–H and O–H groups in total. The Bertz CT molecular complexity index is 658. The zero-order valence-electron chi connectivity index (χ0n) is 12.5. The van der Waals surface area contributed by atoms with Gasteiger partial charge in [-0.3, -0.25) is 9.59 Å². The monoisotopic (exact) mass is 362 g/mol. The van der Waals surface area contributed by atoms with E-state index in [1.54, 1.807) is 17.0 Å². The molecule has 2 rings (SSSR count). The van der Waals surface area contributed by atoms with Gasteiger partial charge in [0.05, 0.1) is 23.8 Å². The highest BCUT2D eigenvalue weighted by molar-refractivity contribution is 7.88. The number of rotatable bonds is 6. The molecule has 128 valence electrons. The van der Waals surface area contributed by atoms with Crippen molar-refractivity contribution in [3.63, 3.8) is 0 Å². The molecular formula is C13H18N2O6S2. The second-order valence-corrected chi connectivity index (χ2v) is 8.10. The molecule has 1 aliphatic rings. The van der Waals surface area contributed by atoms with Crippen LogP contribution in [0, 0.1) is 0 Å². The predicted molar refractivity (Wildman–Crippen MR) is 84.0 cm³/mol. The van der Waals surface area contributed by atoms with E-state index in [0.717, 1.165) is 10.6 Å². The Morgan fingerprint density at radius 2 is 2.26 bits per heavy atom. The number of carboxylic acids is 1. The quantitative estimate of drug-likeness (QED) is 0.760. The molecule has 1 unspecified atom stereocenters. The van der Waals surface area contributed by atoms with Crippen LogP contribution in [-0.4, -0.2) is 79.8 Å². The summed E-state index contributed by atoms with van der Waals surface area (Å²) in [6.45, 7) is 0.205. The number of thiophene rings is 1. The van der Waals surface area contributed by atoms with Crippen LogP contribution in [0.25, 0.3) is 0 Å². The molecule has 1 amide bonds. The maximum atomic E-state index is 12.3. The molecule has 2 heterocycles. The molecule has 1 aromatic heterocycles. The molecule has 10 heteroatoms. The van der Waals surface area contributed by atoms with Crippen LogP contribution in [0.15, 0.2) is 17.5 Å². The van der Waals surface area contributed by atoms with Gasteiger partial charge in [-0.25, -0.2) is 8.42 Å². The molecular weight excluding hydrogens is 344 g/mol. The molecule has 1 aliphatic heterocycles. The fraction of sp³-hybridized carbons (Fsp3) is 0.538. The van der Waals surface area contributed by atoms with E-state index >= 15 is 0 Å². The number of carbonyl (C=O) groups is 2. The number of sulfonamides is 1. The van der Waals surface area contributed by atoms with Gasteiger partial charge in [0.1, 0.15) is 6.54 Å². The smallest absolute Gasteiger partial charge is 0.318 e. The lowest BCUT2D eigenvalue weighted by molar-refractivity contribution is -0.137. The third kappa shape index (κ3) is 4.99. The maximum Gasteiger partial charge on any atom is 0.318 e. The van der Waals surface area contributed by atoms with E-state index in [4.69, 9.17) is 9.84 Å². The van der Waals surface area contributed by atoms with Crippen LogP contribution >= 0.6 is 11.3 Å². The summed E-state index contributed by atoms with van der Waals surface area (Å²) in [7, 11) is -3.67. The highest BCUT2D eigenvalue weighted by Gasteiger charge is 2.30. The summed E-state index contributed by atoms with van der Waals surface area (Å²) in [6, 6.07) is 3.51.